The molecule has 0 aromatic heterocycles. The Kier molecular flexibility index (Phi) is 3.89. The van der Waals surface area contributed by atoms with Crippen LogP contribution in [0.1, 0.15) is 38.5 Å². The van der Waals surface area contributed by atoms with Gasteiger partial charge in [0.05, 0.1) is 0 Å². The maximum atomic E-state index is 5.61. The Balaban J connectivity index is 2.35. The summed E-state index contributed by atoms with van der Waals surface area (Å²) < 4.78 is 0. The second kappa shape index (κ2) is 4.79. The summed E-state index contributed by atoms with van der Waals surface area (Å²) in [6, 6.07) is 0. The first-order valence-corrected chi connectivity index (χ1v) is 4.71. The van der Waals surface area contributed by atoms with Gasteiger partial charge >= 0.3 is 0 Å². The molecule has 0 spiro atoms. The monoisotopic (exact) mass is 158 g/mol. The molecule has 0 unspecified atom stereocenters. The lowest BCUT2D eigenvalue weighted by molar-refractivity contribution is 0.702. The summed E-state index contributed by atoms with van der Waals surface area (Å²) >= 11 is 5.61. The van der Waals surface area contributed by atoms with Gasteiger partial charge in [-0.05, 0) is 25.7 Å². The van der Waals surface area contributed by atoms with Crippen molar-refractivity contribution in [2.45, 2.75) is 38.5 Å². The summed E-state index contributed by atoms with van der Waals surface area (Å²) in [6.07, 6.45) is 10.4. The molecule has 0 saturated heterocycles. The van der Waals surface area contributed by atoms with Gasteiger partial charge < -0.3 is 0 Å². The minimum absolute atomic E-state index is 0.704. The highest BCUT2D eigenvalue weighted by Gasteiger charge is 2.02. The fraction of sp³-hybridized carbons (Fsp3) is 0.778. The standard InChI is InChI=1S/C9H15Cl/c10-8-7-9-5-3-1-2-4-6-9/h7H,1-6,8H2. The van der Waals surface area contributed by atoms with Crippen LogP contribution in [0.2, 0.25) is 0 Å². The van der Waals surface area contributed by atoms with E-state index < -0.39 is 0 Å². The maximum absolute atomic E-state index is 5.61. The normalized spacial score (nSPS) is 20.3. The second-order valence-corrected chi connectivity index (χ2v) is 3.24. The zero-order valence-electron chi connectivity index (χ0n) is 6.41. The number of allylic oxidation sites excluding steroid dienone is 2. The Morgan fingerprint density at radius 1 is 1.10 bits per heavy atom. The number of hydrogen-bond donors (Lipinski definition) is 0. The van der Waals surface area contributed by atoms with E-state index in [0.717, 1.165) is 0 Å². The molecule has 1 aliphatic rings. The lowest BCUT2D eigenvalue weighted by Crippen LogP contribution is -1.80. The fourth-order valence-electron chi connectivity index (χ4n) is 1.50. The van der Waals surface area contributed by atoms with Crippen molar-refractivity contribution in [3.05, 3.63) is 11.6 Å². The van der Waals surface area contributed by atoms with Crippen LogP contribution < -0.4 is 0 Å². The Morgan fingerprint density at radius 2 is 1.70 bits per heavy atom. The molecule has 0 heterocycles. The van der Waals surface area contributed by atoms with Crippen molar-refractivity contribution in [3.63, 3.8) is 0 Å². The Bertz CT molecular complexity index is 106. The Labute approximate surface area is 68.3 Å². The molecule has 0 bridgehead atoms. The summed E-state index contributed by atoms with van der Waals surface area (Å²) in [5, 5.41) is 0. The van der Waals surface area contributed by atoms with Crippen molar-refractivity contribution in [1.29, 1.82) is 0 Å². The lowest BCUT2D eigenvalue weighted by Gasteiger charge is -1.98. The van der Waals surface area contributed by atoms with E-state index in [-0.39, 0.29) is 0 Å². The molecular formula is C9H15Cl. The van der Waals surface area contributed by atoms with Gasteiger partial charge in [0.1, 0.15) is 0 Å². The average Bonchev–Trinajstić information content (AvgIpc) is 2.17. The first kappa shape index (κ1) is 8.13. The largest absolute Gasteiger partial charge is 0.122 e. The highest BCUT2D eigenvalue weighted by atomic mass is 35.5. The van der Waals surface area contributed by atoms with Gasteiger partial charge in [-0.3, -0.25) is 0 Å². The zero-order valence-corrected chi connectivity index (χ0v) is 7.16. The third kappa shape index (κ3) is 2.74. The maximum Gasteiger partial charge on any atom is 0.0406 e. The summed E-state index contributed by atoms with van der Waals surface area (Å²) in [5.74, 6) is 0.704. The smallest absolute Gasteiger partial charge is 0.0406 e. The van der Waals surface area contributed by atoms with Crippen molar-refractivity contribution in [2.75, 3.05) is 5.88 Å². The minimum Gasteiger partial charge on any atom is -0.122 e. The highest BCUT2D eigenvalue weighted by molar-refractivity contribution is 6.18. The Morgan fingerprint density at radius 3 is 2.20 bits per heavy atom. The highest BCUT2D eigenvalue weighted by Crippen LogP contribution is 2.21. The van der Waals surface area contributed by atoms with Gasteiger partial charge in [-0.2, -0.15) is 0 Å². The molecule has 0 aromatic rings. The van der Waals surface area contributed by atoms with E-state index in [9.17, 15) is 0 Å². The van der Waals surface area contributed by atoms with Crippen molar-refractivity contribution < 1.29 is 0 Å². The van der Waals surface area contributed by atoms with Crippen LogP contribution in [0, 0.1) is 0 Å². The van der Waals surface area contributed by atoms with E-state index in [1.165, 1.54) is 38.5 Å². The number of hydrogen-bond acceptors (Lipinski definition) is 0. The summed E-state index contributed by atoms with van der Waals surface area (Å²) in [7, 11) is 0. The van der Waals surface area contributed by atoms with Crippen molar-refractivity contribution in [2.24, 2.45) is 0 Å². The summed E-state index contributed by atoms with van der Waals surface area (Å²) in [6.45, 7) is 0. The first-order valence-electron chi connectivity index (χ1n) is 4.17. The van der Waals surface area contributed by atoms with E-state index in [0.29, 0.717) is 5.88 Å². The van der Waals surface area contributed by atoms with E-state index in [4.69, 9.17) is 11.6 Å². The minimum atomic E-state index is 0.704. The predicted molar refractivity (Wildman–Crippen MR) is 46.5 cm³/mol. The first-order chi connectivity index (χ1) is 4.93. The van der Waals surface area contributed by atoms with Crippen LogP contribution in [0.15, 0.2) is 11.6 Å². The number of halogens is 1. The molecule has 1 heteroatoms. The van der Waals surface area contributed by atoms with Gasteiger partial charge in [-0.15, -0.1) is 11.6 Å². The molecule has 0 nitrogen and oxygen atoms in total. The van der Waals surface area contributed by atoms with Crippen LogP contribution in [-0.4, -0.2) is 5.88 Å². The molecular weight excluding hydrogens is 144 g/mol. The van der Waals surface area contributed by atoms with Gasteiger partial charge in [0.15, 0.2) is 0 Å². The van der Waals surface area contributed by atoms with E-state index in [1.807, 2.05) is 0 Å². The molecule has 0 radical (unpaired) electrons. The molecule has 1 fully saturated rings. The molecule has 0 amide bonds. The van der Waals surface area contributed by atoms with Gasteiger partial charge in [0.25, 0.3) is 0 Å². The molecule has 58 valence electrons. The lowest BCUT2D eigenvalue weighted by atomic mass is 10.1. The Hall–Kier alpha value is 0.0300. The third-order valence-electron chi connectivity index (χ3n) is 2.11. The van der Waals surface area contributed by atoms with Crippen molar-refractivity contribution in [1.82, 2.24) is 0 Å². The van der Waals surface area contributed by atoms with Crippen LogP contribution in [0.3, 0.4) is 0 Å². The third-order valence-corrected chi connectivity index (χ3v) is 2.27. The average molecular weight is 159 g/mol. The molecule has 1 aliphatic carbocycles. The van der Waals surface area contributed by atoms with Crippen LogP contribution >= 0.6 is 11.6 Å². The fourth-order valence-corrected chi connectivity index (χ4v) is 1.71. The predicted octanol–water partition coefficient (Wildman–Crippen LogP) is 3.51. The molecule has 1 saturated carbocycles. The molecule has 0 aliphatic heterocycles. The summed E-state index contributed by atoms with van der Waals surface area (Å²) in [5.41, 5.74) is 1.59. The molecule has 0 N–H and O–H groups in total. The van der Waals surface area contributed by atoms with Crippen LogP contribution in [0.25, 0.3) is 0 Å². The second-order valence-electron chi connectivity index (χ2n) is 2.93. The quantitative estimate of drug-likeness (QED) is 0.311. The van der Waals surface area contributed by atoms with Crippen LogP contribution in [-0.2, 0) is 0 Å². The molecule has 10 heavy (non-hydrogen) atoms. The van der Waals surface area contributed by atoms with Crippen LogP contribution in [0.5, 0.6) is 0 Å². The van der Waals surface area contributed by atoms with Crippen molar-refractivity contribution >= 4 is 11.6 Å². The summed E-state index contributed by atoms with van der Waals surface area (Å²) in [4.78, 5) is 0. The number of rotatable bonds is 1. The van der Waals surface area contributed by atoms with E-state index in [1.54, 1.807) is 5.57 Å². The zero-order chi connectivity index (χ0) is 7.23. The van der Waals surface area contributed by atoms with Crippen molar-refractivity contribution in [3.8, 4) is 0 Å². The number of alkyl halides is 1. The van der Waals surface area contributed by atoms with Gasteiger partial charge in [-0.25, -0.2) is 0 Å². The van der Waals surface area contributed by atoms with E-state index in [2.05, 4.69) is 6.08 Å². The molecule has 1 rings (SSSR count). The molecule has 0 atom stereocenters. The molecule has 0 aromatic carbocycles. The van der Waals surface area contributed by atoms with E-state index >= 15 is 0 Å². The van der Waals surface area contributed by atoms with Gasteiger partial charge in [0, 0.05) is 5.88 Å². The van der Waals surface area contributed by atoms with Crippen LogP contribution in [0.4, 0.5) is 0 Å². The van der Waals surface area contributed by atoms with Gasteiger partial charge in [0.2, 0.25) is 0 Å². The van der Waals surface area contributed by atoms with Gasteiger partial charge in [-0.1, -0.05) is 24.5 Å². The topological polar surface area (TPSA) is 0 Å². The SMILES string of the molecule is ClCC=C1CCCCCC1.